The van der Waals surface area contributed by atoms with Crippen LogP contribution in [0.3, 0.4) is 0 Å². The van der Waals surface area contributed by atoms with Crippen LogP contribution in [0.2, 0.25) is 0 Å². The third-order valence-corrected chi connectivity index (χ3v) is 2.61. The summed E-state index contributed by atoms with van der Waals surface area (Å²) < 4.78 is 10.3. The monoisotopic (exact) mass is 275 g/mol. The maximum Gasteiger partial charge on any atom is 0.257 e. The lowest BCUT2D eigenvalue weighted by Gasteiger charge is -2.02. The predicted octanol–water partition coefficient (Wildman–Crippen LogP) is 1.78. The predicted molar refractivity (Wildman–Crippen MR) is 72.7 cm³/mol. The first kappa shape index (κ1) is 14.2. The van der Waals surface area contributed by atoms with Gasteiger partial charge in [-0.15, -0.1) is 0 Å². The summed E-state index contributed by atoms with van der Waals surface area (Å²) in [7, 11) is 0. The van der Waals surface area contributed by atoms with E-state index in [0.717, 1.165) is 5.56 Å². The Morgan fingerprint density at radius 1 is 1.35 bits per heavy atom. The molecule has 0 atom stereocenters. The van der Waals surface area contributed by atoms with E-state index < -0.39 is 0 Å². The zero-order valence-corrected chi connectivity index (χ0v) is 11.3. The molecule has 0 aliphatic rings. The van der Waals surface area contributed by atoms with E-state index in [-0.39, 0.29) is 12.5 Å². The van der Waals surface area contributed by atoms with Crippen LogP contribution in [-0.4, -0.2) is 29.3 Å². The summed E-state index contributed by atoms with van der Waals surface area (Å²) >= 11 is 0. The number of amides is 1. The van der Waals surface area contributed by atoms with Gasteiger partial charge in [-0.25, -0.2) is 0 Å². The molecule has 0 saturated heterocycles. The Hall–Kier alpha value is -2.21. The summed E-state index contributed by atoms with van der Waals surface area (Å²) in [5, 5.41) is 6.55. The van der Waals surface area contributed by atoms with Gasteiger partial charge < -0.3 is 14.6 Å². The molecule has 1 heterocycles. The second-order valence-corrected chi connectivity index (χ2v) is 4.11. The summed E-state index contributed by atoms with van der Waals surface area (Å²) in [4.78, 5) is 15.7. The lowest BCUT2D eigenvalue weighted by atomic mass is 10.2. The number of carbonyl (C=O) groups excluding carboxylic acids is 1. The zero-order chi connectivity index (χ0) is 14.2. The van der Waals surface area contributed by atoms with Gasteiger partial charge in [0.15, 0.2) is 5.82 Å². The molecule has 1 aromatic carbocycles. The van der Waals surface area contributed by atoms with Gasteiger partial charge in [0.2, 0.25) is 5.91 Å². The van der Waals surface area contributed by atoms with Crippen LogP contribution in [-0.2, 0) is 16.1 Å². The summed E-state index contributed by atoms with van der Waals surface area (Å²) in [6, 6.07) is 9.48. The van der Waals surface area contributed by atoms with E-state index in [2.05, 4.69) is 15.5 Å². The van der Waals surface area contributed by atoms with Crippen LogP contribution in [0.5, 0.6) is 0 Å². The van der Waals surface area contributed by atoms with Crippen molar-refractivity contribution in [1.82, 2.24) is 15.5 Å². The highest BCUT2D eigenvalue weighted by Crippen LogP contribution is 2.15. The standard InChI is InChI=1S/C14H17N3O3/c1-2-19-9-8-13(18)15-10-12-16-14(20-17-12)11-6-4-3-5-7-11/h3-7H,2,8-10H2,1H3,(H,15,18). The molecule has 1 amide bonds. The highest BCUT2D eigenvalue weighted by atomic mass is 16.5. The molecule has 0 aliphatic carbocycles. The Bertz CT molecular complexity index is 540. The molecule has 106 valence electrons. The first-order valence-corrected chi connectivity index (χ1v) is 6.52. The number of hydrogen-bond acceptors (Lipinski definition) is 5. The van der Waals surface area contributed by atoms with Gasteiger partial charge in [-0.2, -0.15) is 4.98 Å². The molecule has 0 unspecified atom stereocenters. The van der Waals surface area contributed by atoms with Crippen LogP contribution in [0.4, 0.5) is 0 Å². The van der Waals surface area contributed by atoms with Gasteiger partial charge in [0.05, 0.1) is 13.2 Å². The Labute approximate surface area is 117 Å². The van der Waals surface area contributed by atoms with Crippen LogP contribution in [0.25, 0.3) is 11.5 Å². The van der Waals surface area contributed by atoms with Crippen molar-refractivity contribution in [1.29, 1.82) is 0 Å². The van der Waals surface area contributed by atoms with Crippen molar-refractivity contribution in [3.05, 3.63) is 36.2 Å². The van der Waals surface area contributed by atoms with Crippen LogP contribution >= 0.6 is 0 Å². The molecule has 20 heavy (non-hydrogen) atoms. The molecule has 0 aliphatic heterocycles. The lowest BCUT2D eigenvalue weighted by Crippen LogP contribution is -2.24. The number of aromatic nitrogens is 2. The minimum atomic E-state index is -0.0930. The van der Waals surface area contributed by atoms with E-state index >= 15 is 0 Å². The number of nitrogens with zero attached hydrogens (tertiary/aromatic N) is 2. The molecule has 0 radical (unpaired) electrons. The van der Waals surface area contributed by atoms with Crippen LogP contribution in [0, 0.1) is 0 Å². The largest absolute Gasteiger partial charge is 0.381 e. The van der Waals surface area contributed by atoms with Gasteiger partial charge in [-0.3, -0.25) is 4.79 Å². The quantitative estimate of drug-likeness (QED) is 0.779. The van der Waals surface area contributed by atoms with E-state index in [1.54, 1.807) is 0 Å². The van der Waals surface area contributed by atoms with Crippen molar-refractivity contribution >= 4 is 5.91 Å². The molecule has 2 rings (SSSR count). The third-order valence-electron chi connectivity index (χ3n) is 2.61. The van der Waals surface area contributed by atoms with E-state index in [1.165, 1.54) is 0 Å². The molecule has 2 aromatic rings. The minimum absolute atomic E-state index is 0.0930. The fourth-order valence-electron chi connectivity index (χ4n) is 1.60. The molecular weight excluding hydrogens is 258 g/mol. The van der Waals surface area contributed by atoms with Crippen LogP contribution < -0.4 is 5.32 Å². The topological polar surface area (TPSA) is 77.2 Å². The smallest absolute Gasteiger partial charge is 0.257 e. The Balaban J connectivity index is 1.83. The fourth-order valence-corrected chi connectivity index (χ4v) is 1.60. The molecule has 6 nitrogen and oxygen atoms in total. The highest BCUT2D eigenvalue weighted by Gasteiger charge is 2.09. The van der Waals surface area contributed by atoms with Gasteiger partial charge in [0.25, 0.3) is 5.89 Å². The maximum absolute atomic E-state index is 11.5. The Morgan fingerprint density at radius 2 is 2.15 bits per heavy atom. The second-order valence-electron chi connectivity index (χ2n) is 4.11. The van der Waals surface area contributed by atoms with Crippen molar-refractivity contribution in [2.24, 2.45) is 0 Å². The Kier molecular flexibility index (Phi) is 5.25. The summed E-state index contributed by atoms with van der Waals surface area (Å²) in [5.41, 5.74) is 0.855. The van der Waals surface area contributed by atoms with E-state index in [9.17, 15) is 4.79 Å². The summed E-state index contributed by atoms with van der Waals surface area (Å²) in [6.45, 7) is 3.17. The summed E-state index contributed by atoms with van der Waals surface area (Å²) in [6.07, 6.45) is 0.331. The van der Waals surface area contributed by atoms with E-state index in [1.807, 2.05) is 37.3 Å². The molecule has 0 bridgehead atoms. The van der Waals surface area contributed by atoms with Crippen molar-refractivity contribution in [2.45, 2.75) is 19.9 Å². The number of nitrogens with one attached hydrogen (secondary N) is 1. The van der Waals surface area contributed by atoms with Crippen molar-refractivity contribution in [3.63, 3.8) is 0 Å². The molecule has 0 saturated carbocycles. The van der Waals surface area contributed by atoms with Crippen molar-refractivity contribution in [3.8, 4) is 11.5 Å². The van der Waals surface area contributed by atoms with Crippen LogP contribution in [0.1, 0.15) is 19.2 Å². The van der Waals surface area contributed by atoms with Gasteiger partial charge in [0.1, 0.15) is 0 Å². The molecule has 6 heteroatoms. The minimum Gasteiger partial charge on any atom is -0.381 e. The molecule has 1 N–H and O–H groups in total. The molecular formula is C14H17N3O3. The lowest BCUT2D eigenvalue weighted by molar-refractivity contribution is -0.122. The number of benzene rings is 1. The fraction of sp³-hybridized carbons (Fsp3) is 0.357. The normalized spacial score (nSPS) is 10.4. The van der Waals surface area contributed by atoms with Gasteiger partial charge in [-0.05, 0) is 19.1 Å². The van der Waals surface area contributed by atoms with Gasteiger partial charge in [0, 0.05) is 18.6 Å². The second kappa shape index (κ2) is 7.40. The van der Waals surface area contributed by atoms with Gasteiger partial charge >= 0.3 is 0 Å². The Morgan fingerprint density at radius 3 is 2.90 bits per heavy atom. The zero-order valence-electron chi connectivity index (χ0n) is 11.3. The van der Waals surface area contributed by atoms with E-state index in [4.69, 9.17) is 9.26 Å². The molecule has 0 fully saturated rings. The third kappa shape index (κ3) is 4.17. The number of rotatable bonds is 7. The first-order valence-electron chi connectivity index (χ1n) is 6.52. The van der Waals surface area contributed by atoms with Gasteiger partial charge in [-0.1, -0.05) is 23.4 Å². The number of hydrogen-bond donors (Lipinski definition) is 1. The number of ether oxygens (including phenoxy) is 1. The summed E-state index contributed by atoms with van der Waals surface area (Å²) in [5.74, 6) is 0.808. The van der Waals surface area contributed by atoms with Crippen molar-refractivity contribution in [2.75, 3.05) is 13.2 Å². The van der Waals surface area contributed by atoms with Crippen LogP contribution in [0.15, 0.2) is 34.9 Å². The highest BCUT2D eigenvalue weighted by molar-refractivity contribution is 5.75. The van der Waals surface area contributed by atoms with Crippen molar-refractivity contribution < 1.29 is 14.1 Å². The number of carbonyl (C=O) groups is 1. The molecule has 0 spiro atoms. The first-order chi connectivity index (χ1) is 9.79. The average Bonchev–Trinajstić information content (AvgIpc) is 2.95. The SMILES string of the molecule is CCOCCC(=O)NCc1noc(-c2ccccc2)n1. The molecule has 1 aromatic heterocycles. The average molecular weight is 275 g/mol. The van der Waals surface area contributed by atoms with E-state index in [0.29, 0.717) is 31.3 Å². The maximum atomic E-state index is 11.5.